The lowest BCUT2D eigenvalue weighted by Crippen LogP contribution is -2.48. The molecule has 7 nitrogen and oxygen atoms in total. The quantitative estimate of drug-likeness (QED) is 0.614. The average molecular weight is 269 g/mol. The molecule has 0 fully saturated rings. The Labute approximate surface area is 112 Å². The predicted octanol–water partition coefficient (Wildman–Crippen LogP) is -0.416. The molecule has 19 heavy (non-hydrogen) atoms. The molecule has 0 rings (SSSR count). The van der Waals surface area contributed by atoms with Crippen LogP contribution in [0.2, 0.25) is 0 Å². The van der Waals surface area contributed by atoms with E-state index in [1.807, 2.05) is 0 Å². The van der Waals surface area contributed by atoms with Gasteiger partial charge in [0.25, 0.3) is 0 Å². The number of likely N-dealkylation sites (N-methyl/N-ethyl adjacent to an activating group) is 2. The number of carboxylic acid groups (broad SMARTS) is 1. The van der Waals surface area contributed by atoms with Gasteiger partial charge in [0, 0.05) is 13.1 Å². The Bertz CT molecular complexity index is 376. The molecule has 0 atom stereocenters. The van der Waals surface area contributed by atoms with Crippen molar-refractivity contribution in [2.75, 3.05) is 32.7 Å². The number of nitrogens with zero attached hydrogens (tertiary/aromatic N) is 2. The highest BCUT2D eigenvalue weighted by Crippen LogP contribution is 1.99. The monoisotopic (exact) mass is 269 g/mol. The number of terminal acetylenes is 1. The van der Waals surface area contributed by atoms with Crippen LogP contribution >= 0.6 is 0 Å². The molecule has 0 aliphatic rings. The Morgan fingerprint density at radius 1 is 1.21 bits per heavy atom. The third-order valence-electron chi connectivity index (χ3n) is 2.24. The van der Waals surface area contributed by atoms with Crippen LogP contribution < -0.4 is 5.32 Å². The summed E-state index contributed by atoms with van der Waals surface area (Å²) in [6.45, 7) is 3.50. The molecule has 0 saturated carbocycles. The van der Waals surface area contributed by atoms with Crippen molar-refractivity contribution < 1.29 is 19.5 Å². The van der Waals surface area contributed by atoms with Gasteiger partial charge >= 0.3 is 12.0 Å². The summed E-state index contributed by atoms with van der Waals surface area (Å²) >= 11 is 0. The van der Waals surface area contributed by atoms with E-state index in [4.69, 9.17) is 11.5 Å². The first-order valence-corrected chi connectivity index (χ1v) is 5.92. The summed E-state index contributed by atoms with van der Waals surface area (Å²) < 4.78 is 0. The topological polar surface area (TPSA) is 90.0 Å². The van der Waals surface area contributed by atoms with E-state index in [2.05, 4.69) is 11.2 Å². The summed E-state index contributed by atoms with van der Waals surface area (Å²) in [5, 5.41) is 11.3. The van der Waals surface area contributed by atoms with Gasteiger partial charge in [0.1, 0.15) is 13.1 Å². The Morgan fingerprint density at radius 3 is 2.26 bits per heavy atom. The average Bonchev–Trinajstić information content (AvgIpc) is 2.34. The van der Waals surface area contributed by atoms with Gasteiger partial charge in [0.15, 0.2) is 0 Å². The molecule has 0 spiro atoms. The van der Waals surface area contributed by atoms with E-state index in [1.165, 1.54) is 4.90 Å². The largest absolute Gasteiger partial charge is 0.480 e. The molecule has 0 unspecified atom stereocenters. The number of nitrogens with one attached hydrogen (secondary N) is 1. The minimum absolute atomic E-state index is 0.114. The fourth-order valence-corrected chi connectivity index (χ4v) is 1.41. The fraction of sp³-hybridized carbons (Fsp3) is 0.583. The molecule has 106 valence electrons. The van der Waals surface area contributed by atoms with Crippen molar-refractivity contribution in [2.45, 2.75) is 13.8 Å². The number of urea groups is 1. The van der Waals surface area contributed by atoms with E-state index in [0.717, 1.165) is 4.90 Å². The highest BCUT2D eigenvalue weighted by atomic mass is 16.4. The summed E-state index contributed by atoms with van der Waals surface area (Å²) in [6.07, 6.45) is 5.10. The molecule has 3 amide bonds. The van der Waals surface area contributed by atoms with Gasteiger partial charge in [0.2, 0.25) is 5.91 Å². The number of carboxylic acids is 1. The van der Waals surface area contributed by atoms with E-state index in [9.17, 15) is 14.4 Å². The molecule has 0 aromatic heterocycles. The van der Waals surface area contributed by atoms with Crippen LogP contribution in [0.3, 0.4) is 0 Å². The van der Waals surface area contributed by atoms with Gasteiger partial charge in [-0.15, -0.1) is 6.42 Å². The second kappa shape index (κ2) is 8.80. The first-order chi connectivity index (χ1) is 8.96. The Balaban J connectivity index is 4.72. The summed E-state index contributed by atoms with van der Waals surface area (Å²) in [6, 6.07) is -0.561. The SMILES string of the molecule is C#CCN(CC(=O)O)C(=O)N(CC)CC(=O)NCC. The number of aliphatic carboxylic acids is 1. The maximum atomic E-state index is 12.1. The zero-order chi connectivity index (χ0) is 14.8. The molecule has 0 aliphatic heterocycles. The van der Waals surface area contributed by atoms with E-state index >= 15 is 0 Å². The number of hydrogen-bond donors (Lipinski definition) is 2. The second-order valence-corrected chi connectivity index (χ2v) is 3.70. The van der Waals surface area contributed by atoms with Gasteiger partial charge in [-0.1, -0.05) is 5.92 Å². The van der Waals surface area contributed by atoms with E-state index < -0.39 is 18.5 Å². The molecular formula is C12H19N3O4. The van der Waals surface area contributed by atoms with Crippen molar-refractivity contribution in [3.05, 3.63) is 0 Å². The maximum absolute atomic E-state index is 12.1. The minimum atomic E-state index is -1.15. The number of carbonyl (C=O) groups is 3. The fourth-order valence-electron chi connectivity index (χ4n) is 1.41. The second-order valence-electron chi connectivity index (χ2n) is 3.70. The Morgan fingerprint density at radius 2 is 1.84 bits per heavy atom. The first-order valence-electron chi connectivity index (χ1n) is 5.92. The maximum Gasteiger partial charge on any atom is 0.323 e. The molecular weight excluding hydrogens is 250 g/mol. The molecule has 0 saturated heterocycles. The van der Waals surface area contributed by atoms with Crippen molar-refractivity contribution in [3.8, 4) is 12.3 Å². The third-order valence-corrected chi connectivity index (χ3v) is 2.24. The number of hydrogen-bond acceptors (Lipinski definition) is 3. The van der Waals surface area contributed by atoms with Crippen LogP contribution in [0.15, 0.2) is 0 Å². The Kier molecular flexibility index (Phi) is 7.77. The molecule has 0 aromatic carbocycles. The van der Waals surface area contributed by atoms with Crippen LogP contribution in [0, 0.1) is 12.3 Å². The summed E-state index contributed by atoms with van der Waals surface area (Å²) in [5.74, 6) is 0.774. The highest BCUT2D eigenvalue weighted by Gasteiger charge is 2.22. The van der Waals surface area contributed by atoms with Gasteiger partial charge in [-0.3, -0.25) is 9.59 Å². The van der Waals surface area contributed by atoms with Crippen molar-refractivity contribution in [1.82, 2.24) is 15.1 Å². The van der Waals surface area contributed by atoms with Crippen molar-refractivity contribution in [1.29, 1.82) is 0 Å². The number of amides is 3. The standard InChI is InChI=1S/C12H19N3O4/c1-4-7-15(9-11(17)18)12(19)14(6-3)8-10(16)13-5-2/h1H,5-9H2,2-3H3,(H,13,16)(H,17,18). The first kappa shape index (κ1) is 16.8. The normalized spacial score (nSPS) is 9.32. The van der Waals surface area contributed by atoms with Crippen molar-refractivity contribution in [2.24, 2.45) is 0 Å². The van der Waals surface area contributed by atoms with E-state index in [1.54, 1.807) is 13.8 Å². The van der Waals surface area contributed by atoms with Gasteiger partial charge in [-0.05, 0) is 13.8 Å². The Hall–Kier alpha value is -2.23. The van der Waals surface area contributed by atoms with Gasteiger partial charge in [0.05, 0.1) is 6.54 Å². The van der Waals surface area contributed by atoms with Crippen LogP contribution in [0.25, 0.3) is 0 Å². The lowest BCUT2D eigenvalue weighted by Gasteiger charge is -2.27. The van der Waals surface area contributed by atoms with Gasteiger partial charge < -0.3 is 20.2 Å². The summed E-state index contributed by atoms with van der Waals surface area (Å²) in [5.41, 5.74) is 0. The van der Waals surface area contributed by atoms with Crippen molar-refractivity contribution in [3.63, 3.8) is 0 Å². The smallest absolute Gasteiger partial charge is 0.323 e. The molecule has 0 bridgehead atoms. The molecule has 7 heteroatoms. The van der Waals surface area contributed by atoms with Crippen LogP contribution in [0.4, 0.5) is 4.79 Å². The van der Waals surface area contributed by atoms with Gasteiger partial charge in [-0.2, -0.15) is 0 Å². The van der Waals surface area contributed by atoms with E-state index in [-0.39, 0.29) is 25.5 Å². The number of carbonyl (C=O) groups excluding carboxylic acids is 2. The highest BCUT2D eigenvalue weighted by molar-refractivity contribution is 5.85. The molecule has 0 radical (unpaired) electrons. The number of rotatable bonds is 7. The lowest BCUT2D eigenvalue weighted by atomic mass is 10.4. The third kappa shape index (κ3) is 6.31. The van der Waals surface area contributed by atoms with Gasteiger partial charge in [-0.25, -0.2) is 4.79 Å². The van der Waals surface area contributed by atoms with Crippen LogP contribution in [-0.4, -0.2) is 65.5 Å². The zero-order valence-electron chi connectivity index (χ0n) is 11.2. The van der Waals surface area contributed by atoms with E-state index in [0.29, 0.717) is 6.54 Å². The summed E-state index contributed by atoms with van der Waals surface area (Å²) in [7, 11) is 0. The predicted molar refractivity (Wildman–Crippen MR) is 69.4 cm³/mol. The minimum Gasteiger partial charge on any atom is -0.480 e. The molecule has 0 aromatic rings. The van der Waals surface area contributed by atoms with Crippen LogP contribution in [0.5, 0.6) is 0 Å². The molecule has 0 heterocycles. The molecule has 2 N–H and O–H groups in total. The van der Waals surface area contributed by atoms with Crippen LogP contribution in [-0.2, 0) is 9.59 Å². The molecule has 0 aliphatic carbocycles. The summed E-state index contributed by atoms with van der Waals surface area (Å²) in [4.78, 5) is 36.4. The van der Waals surface area contributed by atoms with Crippen LogP contribution in [0.1, 0.15) is 13.8 Å². The zero-order valence-corrected chi connectivity index (χ0v) is 11.2. The van der Waals surface area contributed by atoms with Crippen molar-refractivity contribution >= 4 is 17.9 Å². The lowest BCUT2D eigenvalue weighted by molar-refractivity contribution is -0.137.